The Balaban J connectivity index is 1.89. The van der Waals surface area contributed by atoms with Crippen LogP contribution >= 0.6 is 0 Å². The molecular weight excluding hydrogens is 238 g/mol. The van der Waals surface area contributed by atoms with Crippen LogP contribution in [0.25, 0.3) is 0 Å². The molecular formula is C15H23N3O. The van der Waals surface area contributed by atoms with Crippen molar-refractivity contribution in [3.8, 4) is 0 Å². The fourth-order valence-corrected chi connectivity index (χ4v) is 3.56. The van der Waals surface area contributed by atoms with Crippen molar-refractivity contribution in [3.63, 3.8) is 0 Å². The number of piperidine rings is 1. The third kappa shape index (κ3) is 2.34. The summed E-state index contributed by atoms with van der Waals surface area (Å²) in [5.74, 6) is 0.827. The maximum Gasteiger partial charge on any atom is 0.181 e. The molecule has 104 valence electrons. The highest BCUT2D eigenvalue weighted by atomic mass is 16.1. The van der Waals surface area contributed by atoms with Gasteiger partial charge >= 0.3 is 0 Å². The largest absolute Gasteiger partial charge is 0.317 e. The fourth-order valence-electron chi connectivity index (χ4n) is 3.56. The number of nitrogens with zero attached hydrogens (tertiary/aromatic N) is 2. The average Bonchev–Trinajstić information content (AvgIpc) is 2.72. The zero-order chi connectivity index (χ0) is 13.5. The Labute approximate surface area is 114 Å². The van der Waals surface area contributed by atoms with Crippen molar-refractivity contribution in [2.45, 2.75) is 46.1 Å². The Bertz CT molecular complexity index is 484. The third-order valence-electron chi connectivity index (χ3n) is 4.48. The van der Waals surface area contributed by atoms with Gasteiger partial charge in [0, 0.05) is 18.5 Å². The van der Waals surface area contributed by atoms with Gasteiger partial charge in [-0.2, -0.15) is 5.10 Å². The number of hydrogen-bond acceptors (Lipinski definition) is 3. The molecule has 1 aliphatic carbocycles. The number of rotatable bonds is 2. The molecule has 1 saturated heterocycles. The van der Waals surface area contributed by atoms with E-state index in [2.05, 4.69) is 24.3 Å². The van der Waals surface area contributed by atoms with E-state index in [9.17, 15) is 4.79 Å². The number of fused-ring (bicyclic) bond motifs is 1. The van der Waals surface area contributed by atoms with Crippen molar-refractivity contribution in [2.24, 2.45) is 11.3 Å². The van der Waals surface area contributed by atoms with Gasteiger partial charge in [0.25, 0.3) is 0 Å². The van der Waals surface area contributed by atoms with E-state index < -0.39 is 0 Å². The molecule has 2 heterocycles. The Kier molecular flexibility index (Phi) is 3.21. The van der Waals surface area contributed by atoms with Gasteiger partial charge in [-0.25, -0.2) is 0 Å². The third-order valence-corrected chi connectivity index (χ3v) is 4.48. The smallest absolute Gasteiger partial charge is 0.181 e. The van der Waals surface area contributed by atoms with Crippen LogP contribution in [0, 0.1) is 11.3 Å². The Hall–Kier alpha value is -1.16. The summed E-state index contributed by atoms with van der Waals surface area (Å²) in [6, 6.07) is 0. The summed E-state index contributed by atoms with van der Waals surface area (Å²) < 4.78 is 1.93. The number of carbonyl (C=O) groups excluding carboxylic acids is 1. The van der Waals surface area contributed by atoms with Gasteiger partial charge in [0.15, 0.2) is 5.78 Å². The molecule has 1 spiro atoms. The van der Waals surface area contributed by atoms with E-state index in [-0.39, 0.29) is 5.41 Å². The van der Waals surface area contributed by atoms with E-state index in [4.69, 9.17) is 0 Å². The summed E-state index contributed by atoms with van der Waals surface area (Å²) in [5.41, 5.74) is 2.28. The SMILES string of the molecule is CC(C)Cn1ncc2c1C(=O)CC1(CCNCC1)C2. The molecule has 0 saturated carbocycles. The number of carbonyl (C=O) groups is 1. The Morgan fingerprint density at radius 1 is 1.37 bits per heavy atom. The van der Waals surface area contributed by atoms with E-state index in [1.807, 2.05) is 10.9 Å². The van der Waals surface area contributed by atoms with Gasteiger partial charge in [0.1, 0.15) is 5.69 Å². The van der Waals surface area contributed by atoms with Crippen molar-refractivity contribution in [1.29, 1.82) is 0 Å². The molecule has 0 amide bonds. The molecule has 0 aromatic carbocycles. The van der Waals surface area contributed by atoms with Gasteiger partial charge in [0.2, 0.25) is 0 Å². The minimum Gasteiger partial charge on any atom is -0.317 e. The van der Waals surface area contributed by atoms with Crippen LogP contribution < -0.4 is 5.32 Å². The molecule has 4 heteroatoms. The van der Waals surface area contributed by atoms with Crippen LogP contribution in [0.5, 0.6) is 0 Å². The van der Waals surface area contributed by atoms with Crippen LogP contribution in [0.1, 0.15) is 49.2 Å². The minimum atomic E-state index is 0.209. The second kappa shape index (κ2) is 4.75. The first kappa shape index (κ1) is 12.9. The number of ketones is 1. The standard InChI is InChI=1S/C15H23N3O/c1-11(2)10-18-14-12(9-17-18)7-15(8-13(14)19)3-5-16-6-4-15/h9,11,16H,3-8,10H2,1-2H3. The molecule has 2 aliphatic rings. The average molecular weight is 261 g/mol. The van der Waals surface area contributed by atoms with Gasteiger partial charge < -0.3 is 5.32 Å². The van der Waals surface area contributed by atoms with E-state index in [0.717, 1.165) is 44.6 Å². The molecule has 4 nitrogen and oxygen atoms in total. The van der Waals surface area contributed by atoms with Crippen LogP contribution in [-0.2, 0) is 13.0 Å². The highest BCUT2D eigenvalue weighted by Gasteiger charge is 2.41. The van der Waals surface area contributed by atoms with E-state index >= 15 is 0 Å². The van der Waals surface area contributed by atoms with Gasteiger partial charge in [0.05, 0.1) is 6.20 Å². The van der Waals surface area contributed by atoms with E-state index in [0.29, 0.717) is 18.1 Å². The van der Waals surface area contributed by atoms with Crippen molar-refractivity contribution < 1.29 is 4.79 Å². The first-order chi connectivity index (χ1) is 9.10. The van der Waals surface area contributed by atoms with Crippen LogP contribution in [-0.4, -0.2) is 28.7 Å². The monoisotopic (exact) mass is 261 g/mol. The molecule has 1 fully saturated rings. The molecule has 19 heavy (non-hydrogen) atoms. The quantitative estimate of drug-likeness (QED) is 0.886. The maximum atomic E-state index is 12.5. The van der Waals surface area contributed by atoms with Crippen LogP contribution in [0.3, 0.4) is 0 Å². The van der Waals surface area contributed by atoms with Crippen LogP contribution in [0.4, 0.5) is 0 Å². The Morgan fingerprint density at radius 3 is 2.79 bits per heavy atom. The highest BCUT2D eigenvalue weighted by Crippen LogP contribution is 2.42. The number of hydrogen-bond donors (Lipinski definition) is 1. The number of nitrogens with one attached hydrogen (secondary N) is 1. The van der Waals surface area contributed by atoms with Gasteiger partial charge in [-0.15, -0.1) is 0 Å². The van der Waals surface area contributed by atoms with E-state index in [1.54, 1.807) is 0 Å². The van der Waals surface area contributed by atoms with Gasteiger partial charge in [-0.3, -0.25) is 9.48 Å². The summed E-state index contributed by atoms with van der Waals surface area (Å²) in [4.78, 5) is 12.5. The summed E-state index contributed by atoms with van der Waals surface area (Å²) in [5, 5.41) is 7.84. The lowest BCUT2D eigenvalue weighted by Gasteiger charge is -2.39. The van der Waals surface area contributed by atoms with Crippen molar-refractivity contribution in [2.75, 3.05) is 13.1 Å². The second-order valence-electron chi connectivity index (χ2n) is 6.62. The fraction of sp³-hybridized carbons (Fsp3) is 0.733. The van der Waals surface area contributed by atoms with Crippen molar-refractivity contribution in [3.05, 3.63) is 17.5 Å². The van der Waals surface area contributed by atoms with Gasteiger partial charge in [-0.1, -0.05) is 13.8 Å². The lowest BCUT2D eigenvalue weighted by Crippen LogP contribution is -2.42. The lowest BCUT2D eigenvalue weighted by atomic mass is 9.67. The molecule has 0 unspecified atom stereocenters. The van der Waals surface area contributed by atoms with Crippen molar-refractivity contribution >= 4 is 5.78 Å². The van der Waals surface area contributed by atoms with Crippen LogP contribution in [0.15, 0.2) is 6.20 Å². The molecule has 0 atom stereocenters. The second-order valence-corrected chi connectivity index (χ2v) is 6.62. The summed E-state index contributed by atoms with van der Waals surface area (Å²) in [7, 11) is 0. The predicted octanol–water partition coefficient (Wildman–Crippen LogP) is 2.04. The molecule has 3 rings (SSSR count). The normalized spacial score (nSPS) is 21.9. The van der Waals surface area contributed by atoms with Crippen molar-refractivity contribution in [1.82, 2.24) is 15.1 Å². The van der Waals surface area contributed by atoms with Crippen LogP contribution in [0.2, 0.25) is 0 Å². The van der Waals surface area contributed by atoms with Gasteiger partial charge in [-0.05, 0) is 43.7 Å². The summed E-state index contributed by atoms with van der Waals surface area (Å²) in [6.07, 6.45) is 5.92. The summed E-state index contributed by atoms with van der Waals surface area (Å²) in [6.45, 7) is 7.26. The topological polar surface area (TPSA) is 46.9 Å². The molecule has 0 bridgehead atoms. The zero-order valence-corrected chi connectivity index (χ0v) is 11.9. The number of Topliss-reactive ketones (excluding diaryl/α,β-unsaturated/α-hetero) is 1. The highest BCUT2D eigenvalue weighted by molar-refractivity contribution is 5.97. The molecule has 1 aromatic rings. The molecule has 1 aromatic heterocycles. The number of aromatic nitrogens is 2. The predicted molar refractivity (Wildman–Crippen MR) is 74.3 cm³/mol. The zero-order valence-electron chi connectivity index (χ0n) is 11.9. The molecule has 0 radical (unpaired) electrons. The molecule has 1 aliphatic heterocycles. The lowest BCUT2D eigenvalue weighted by molar-refractivity contribution is 0.0823. The summed E-state index contributed by atoms with van der Waals surface area (Å²) >= 11 is 0. The first-order valence-corrected chi connectivity index (χ1v) is 7.38. The molecule has 1 N–H and O–H groups in total. The minimum absolute atomic E-state index is 0.209. The Morgan fingerprint density at radius 2 is 2.11 bits per heavy atom. The van der Waals surface area contributed by atoms with E-state index in [1.165, 1.54) is 5.56 Å². The maximum absolute atomic E-state index is 12.5. The first-order valence-electron chi connectivity index (χ1n) is 7.38.